The number of aliphatic hydroxyl groups is 1. The highest BCUT2D eigenvalue weighted by atomic mass is 35.5. The maximum absolute atomic E-state index is 13.5. The van der Waals surface area contributed by atoms with Gasteiger partial charge >= 0.3 is 0 Å². The molecule has 0 fully saturated rings. The molecule has 1 amide bonds. The summed E-state index contributed by atoms with van der Waals surface area (Å²) in [6.07, 6.45) is 3.05. The number of hydrogen-bond donors (Lipinski definition) is 1. The minimum Gasteiger partial charge on any atom is -0.503 e. The fourth-order valence-electron chi connectivity index (χ4n) is 3.82. The van der Waals surface area contributed by atoms with Gasteiger partial charge in [0.05, 0.1) is 11.6 Å². The van der Waals surface area contributed by atoms with Gasteiger partial charge in [-0.15, -0.1) is 0 Å². The summed E-state index contributed by atoms with van der Waals surface area (Å²) < 4.78 is 19.1. The van der Waals surface area contributed by atoms with E-state index in [0.29, 0.717) is 27.2 Å². The zero-order valence-electron chi connectivity index (χ0n) is 16.3. The van der Waals surface area contributed by atoms with Gasteiger partial charge in [0.15, 0.2) is 11.5 Å². The number of amides is 1. The van der Waals surface area contributed by atoms with Gasteiger partial charge in [0, 0.05) is 28.5 Å². The molecule has 8 heteroatoms. The molecule has 1 N–H and O–H groups in total. The van der Waals surface area contributed by atoms with E-state index in [4.69, 9.17) is 16.0 Å². The second-order valence-electron chi connectivity index (χ2n) is 7.22. The molecule has 32 heavy (non-hydrogen) atoms. The third-order valence-corrected chi connectivity index (χ3v) is 5.49. The molecule has 1 atom stereocenters. The Kier molecular flexibility index (Phi) is 4.75. The van der Waals surface area contributed by atoms with Gasteiger partial charge in [-0.2, -0.15) is 0 Å². The molecular weight excluding hydrogens is 435 g/mol. The Bertz CT molecular complexity index is 1400. The van der Waals surface area contributed by atoms with Gasteiger partial charge in [-0.05, 0) is 60.2 Å². The van der Waals surface area contributed by atoms with Crippen LogP contribution in [0.25, 0.3) is 11.0 Å². The van der Waals surface area contributed by atoms with E-state index in [-0.39, 0.29) is 11.3 Å². The zero-order valence-corrected chi connectivity index (χ0v) is 17.1. The third kappa shape index (κ3) is 3.23. The lowest BCUT2D eigenvalue weighted by atomic mass is 9.96. The van der Waals surface area contributed by atoms with Crippen molar-refractivity contribution in [2.45, 2.75) is 6.04 Å². The molecule has 0 radical (unpaired) electrons. The van der Waals surface area contributed by atoms with Crippen molar-refractivity contribution in [3.05, 3.63) is 107 Å². The Morgan fingerprint density at radius 3 is 2.62 bits per heavy atom. The molecule has 1 aliphatic rings. The molecule has 5 rings (SSSR count). The van der Waals surface area contributed by atoms with Gasteiger partial charge < -0.3 is 9.52 Å². The lowest BCUT2D eigenvalue weighted by Crippen LogP contribution is -2.31. The molecule has 0 saturated carbocycles. The van der Waals surface area contributed by atoms with Crippen molar-refractivity contribution >= 4 is 39.9 Å². The minimum atomic E-state index is -0.981. The van der Waals surface area contributed by atoms with Crippen LogP contribution < -0.4 is 4.90 Å². The second kappa shape index (κ2) is 7.62. The number of pyridine rings is 1. The number of furan rings is 1. The van der Waals surface area contributed by atoms with Crippen LogP contribution in [0.4, 0.5) is 10.1 Å². The molecule has 0 bridgehead atoms. The van der Waals surface area contributed by atoms with Crippen LogP contribution in [0.5, 0.6) is 0 Å². The summed E-state index contributed by atoms with van der Waals surface area (Å²) in [5.74, 6) is -2.67. The molecule has 0 aliphatic carbocycles. The van der Waals surface area contributed by atoms with Crippen molar-refractivity contribution in [1.29, 1.82) is 0 Å². The molecule has 158 valence electrons. The first-order valence-electron chi connectivity index (χ1n) is 9.60. The number of Topliss-reactive ketones (excluding diaryl/α,β-unsaturated/α-hetero) is 1. The normalized spacial score (nSPS) is 16.2. The third-order valence-electron chi connectivity index (χ3n) is 5.26. The van der Waals surface area contributed by atoms with E-state index in [1.165, 1.54) is 41.4 Å². The number of hydrogen-bond acceptors (Lipinski definition) is 5. The molecule has 0 spiro atoms. The van der Waals surface area contributed by atoms with Crippen LogP contribution in [0.2, 0.25) is 5.02 Å². The summed E-state index contributed by atoms with van der Waals surface area (Å²) in [7, 11) is 0. The van der Waals surface area contributed by atoms with Gasteiger partial charge in [-0.1, -0.05) is 17.7 Å². The first-order valence-corrected chi connectivity index (χ1v) is 9.98. The Morgan fingerprint density at radius 1 is 1.12 bits per heavy atom. The maximum Gasteiger partial charge on any atom is 0.294 e. The van der Waals surface area contributed by atoms with Crippen LogP contribution in [-0.2, 0) is 4.79 Å². The van der Waals surface area contributed by atoms with Crippen molar-refractivity contribution in [1.82, 2.24) is 4.98 Å². The van der Waals surface area contributed by atoms with Gasteiger partial charge in [0.25, 0.3) is 5.91 Å². The zero-order chi connectivity index (χ0) is 22.4. The summed E-state index contributed by atoms with van der Waals surface area (Å²) in [5.41, 5.74) is 1.10. The number of anilines is 1. The van der Waals surface area contributed by atoms with Crippen LogP contribution in [0.3, 0.4) is 0 Å². The quantitative estimate of drug-likeness (QED) is 0.422. The van der Waals surface area contributed by atoms with E-state index < -0.39 is 29.3 Å². The minimum absolute atomic E-state index is 0.0496. The summed E-state index contributed by atoms with van der Waals surface area (Å²) in [4.78, 5) is 31.8. The van der Waals surface area contributed by atoms with E-state index in [1.54, 1.807) is 36.5 Å². The van der Waals surface area contributed by atoms with Crippen molar-refractivity contribution in [3.8, 4) is 0 Å². The lowest BCUT2D eigenvalue weighted by molar-refractivity contribution is -0.117. The first-order chi connectivity index (χ1) is 15.4. The van der Waals surface area contributed by atoms with Crippen molar-refractivity contribution in [3.63, 3.8) is 0 Å². The predicted molar refractivity (Wildman–Crippen MR) is 116 cm³/mol. The van der Waals surface area contributed by atoms with Gasteiger partial charge in [0.2, 0.25) is 5.78 Å². The highest BCUT2D eigenvalue weighted by Crippen LogP contribution is 2.42. The molecule has 1 unspecified atom stereocenters. The maximum atomic E-state index is 13.5. The van der Waals surface area contributed by atoms with E-state index in [2.05, 4.69) is 4.98 Å². The fraction of sp³-hybridized carbons (Fsp3) is 0.0417. The number of rotatable bonds is 4. The molecule has 0 saturated heterocycles. The van der Waals surface area contributed by atoms with Crippen molar-refractivity contribution in [2.75, 3.05) is 4.90 Å². The number of carbonyl (C=O) groups is 2. The number of ketones is 1. The Balaban J connectivity index is 1.65. The van der Waals surface area contributed by atoms with Crippen LogP contribution in [0, 0.1) is 5.82 Å². The molecular formula is C24H14ClFN2O4. The summed E-state index contributed by atoms with van der Waals surface area (Å²) in [6, 6.07) is 14.0. The van der Waals surface area contributed by atoms with Gasteiger partial charge in [0.1, 0.15) is 11.4 Å². The van der Waals surface area contributed by atoms with E-state index in [9.17, 15) is 19.1 Å². The van der Waals surface area contributed by atoms with Crippen LogP contribution in [0.15, 0.2) is 88.8 Å². The largest absolute Gasteiger partial charge is 0.503 e. The summed E-state index contributed by atoms with van der Waals surface area (Å²) in [6.45, 7) is 0. The number of carbonyl (C=O) groups excluding carboxylic acids is 2. The molecule has 4 aromatic rings. The van der Waals surface area contributed by atoms with Crippen LogP contribution >= 0.6 is 11.6 Å². The monoisotopic (exact) mass is 448 g/mol. The molecule has 6 nitrogen and oxygen atoms in total. The number of benzene rings is 2. The van der Waals surface area contributed by atoms with E-state index in [0.717, 1.165) is 0 Å². The molecule has 2 aromatic heterocycles. The molecule has 1 aliphatic heterocycles. The topological polar surface area (TPSA) is 83.6 Å². The van der Waals surface area contributed by atoms with Gasteiger partial charge in [-0.3, -0.25) is 19.5 Å². The van der Waals surface area contributed by atoms with Gasteiger partial charge in [-0.25, -0.2) is 4.39 Å². The standard InChI is InChI=1S/C24H14ClFN2O4/c25-15-3-8-18-14(10-15)11-19(32-18)22(29)20-21(13-2-1-9-27-12-13)28(24(31)23(20)30)17-6-4-16(26)5-7-17/h1-12,21,30H. The Hall–Kier alpha value is -3.97. The lowest BCUT2D eigenvalue weighted by Gasteiger charge is -2.26. The molecule has 2 aromatic carbocycles. The Morgan fingerprint density at radius 2 is 1.91 bits per heavy atom. The summed E-state index contributed by atoms with van der Waals surface area (Å²) in [5, 5.41) is 11.8. The van der Waals surface area contributed by atoms with E-state index >= 15 is 0 Å². The fourth-order valence-corrected chi connectivity index (χ4v) is 4.00. The summed E-state index contributed by atoms with van der Waals surface area (Å²) >= 11 is 6.02. The van der Waals surface area contributed by atoms with Crippen molar-refractivity contribution < 1.29 is 23.5 Å². The van der Waals surface area contributed by atoms with Crippen LogP contribution in [-0.4, -0.2) is 21.8 Å². The Labute approximate surface area is 186 Å². The average Bonchev–Trinajstić information content (AvgIpc) is 3.33. The predicted octanol–water partition coefficient (Wildman–Crippen LogP) is 5.40. The van der Waals surface area contributed by atoms with Crippen LogP contribution in [0.1, 0.15) is 22.2 Å². The highest BCUT2D eigenvalue weighted by molar-refractivity contribution is 6.31. The SMILES string of the molecule is O=C(C1=C(O)C(=O)N(c2ccc(F)cc2)C1c1cccnc1)c1cc2cc(Cl)ccc2o1. The smallest absolute Gasteiger partial charge is 0.294 e. The number of aromatic nitrogens is 1. The van der Waals surface area contributed by atoms with E-state index in [1.807, 2.05) is 0 Å². The number of fused-ring (bicyclic) bond motifs is 1. The van der Waals surface area contributed by atoms with Crippen molar-refractivity contribution in [2.24, 2.45) is 0 Å². The average molecular weight is 449 g/mol. The molecule has 3 heterocycles. The number of halogens is 2. The second-order valence-corrected chi connectivity index (χ2v) is 7.66. The first kappa shape index (κ1) is 20.0. The highest BCUT2D eigenvalue weighted by Gasteiger charge is 2.45. The number of aliphatic hydroxyl groups excluding tert-OH is 1. The number of nitrogens with zero attached hydrogens (tertiary/aromatic N) is 2.